The Labute approximate surface area is 59.3 Å². The van der Waals surface area contributed by atoms with Crippen LogP contribution in [-0.4, -0.2) is 21.3 Å². The first-order valence-corrected chi connectivity index (χ1v) is 3.18. The van der Waals surface area contributed by atoms with Gasteiger partial charge in [0.2, 0.25) is 0 Å². The first-order chi connectivity index (χ1) is 4.84. The van der Waals surface area contributed by atoms with Crippen molar-refractivity contribution in [3.63, 3.8) is 0 Å². The van der Waals surface area contributed by atoms with E-state index < -0.39 is 0 Å². The number of nitrogens with zero attached hydrogens (tertiary/aromatic N) is 2. The Morgan fingerprint density at radius 1 is 1.70 bits per heavy atom. The van der Waals surface area contributed by atoms with E-state index in [1.54, 1.807) is 23.3 Å². The number of hydrogen-bond donors (Lipinski definition) is 2. The van der Waals surface area contributed by atoms with Crippen LogP contribution in [0.15, 0.2) is 18.7 Å². The Balaban J connectivity index is 2.50. The van der Waals surface area contributed by atoms with Crippen LogP contribution in [0.3, 0.4) is 0 Å². The minimum atomic E-state index is -0.146. The van der Waals surface area contributed by atoms with E-state index in [-0.39, 0.29) is 12.8 Å². The van der Waals surface area contributed by atoms with Crippen LogP contribution in [0.5, 0.6) is 0 Å². The summed E-state index contributed by atoms with van der Waals surface area (Å²) in [5, 5.41) is 8.52. The molecule has 0 saturated heterocycles. The van der Waals surface area contributed by atoms with Crippen LogP contribution in [-0.2, 0) is 0 Å². The van der Waals surface area contributed by atoms with Gasteiger partial charge < -0.3 is 15.4 Å². The molecular formula is C6H11N3O. The number of imidazole rings is 1. The van der Waals surface area contributed by atoms with Gasteiger partial charge in [-0.05, 0) is 0 Å². The summed E-state index contributed by atoms with van der Waals surface area (Å²) >= 11 is 0. The van der Waals surface area contributed by atoms with E-state index in [9.17, 15) is 0 Å². The quantitative estimate of drug-likeness (QED) is 0.608. The third-order valence-corrected chi connectivity index (χ3v) is 1.33. The Morgan fingerprint density at radius 2 is 2.50 bits per heavy atom. The van der Waals surface area contributed by atoms with Crippen LogP contribution in [0.2, 0.25) is 0 Å². The predicted octanol–water partition coefficient (Wildman–Crippen LogP) is -0.277. The fourth-order valence-electron chi connectivity index (χ4n) is 0.747. The van der Waals surface area contributed by atoms with Crippen molar-refractivity contribution >= 4 is 0 Å². The van der Waals surface area contributed by atoms with Gasteiger partial charge >= 0.3 is 0 Å². The van der Waals surface area contributed by atoms with Crippen molar-refractivity contribution in [2.45, 2.75) is 12.6 Å². The van der Waals surface area contributed by atoms with Crippen LogP contribution in [0, 0.1) is 0 Å². The molecule has 0 aliphatic rings. The Hall–Kier alpha value is -0.870. The molecule has 0 spiro atoms. The van der Waals surface area contributed by atoms with Gasteiger partial charge in [-0.1, -0.05) is 0 Å². The van der Waals surface area contributed by atoms with Gasteiger partial charge in [0.1, 0.15) is 0 Å². The highest BCUT2D eigenvalue weighted by molar-refractivity contribution is 4.77. The maximum absolute atomic E-state index is 8.52. The van der Waals surface area contributed by atoms with Crippen molar-refractivity contribution in [1.82, 2.24) is 9.55 Å². The molecule has 0 aromatic carbocycles. The lowest BCUT2D eigenvalue weighted by molar-refractivity contribution is 0.259. The fraction of sp³-hybridized carbons (Fsp3) is 0.500. The van der Waals surface area contributed by atoms with E-state index >= 15 is 0 Å². The third-order valence-electron chi connectivity index (χ3n) is 1.33. The molecule has 0 aliphatic heterocycles. The number of aliphatic hydroxyl groups is 1. The van der Waals surface area contributed by atoms with Gasteiger partial charge in [-0.25, -0.2) is 4.98 Å². The molecule has 1 unspecified atom stereocenters. The van der Waals surface area contributed by atoms with E-state index in [0.717, 1.165) is 0 Å². The zero-order valence-electron chi connectivity index (χ0n) is 5.64. The van der Waals surface area contributed by atoms with Crippen LogP contribution < -0.4 is 5.73 Å². The second-order valence-corrected chi connectivity index (χ2v) is 2.09. The topological polar surface area (TPSA) is 64.1 Å². The van der Waals surface area contributed by atoms with Crippen LogP contribution in [0.4, 0.5) is 0 Å². The summed E-state index contributed by atoms with van der Waals surface area (Å²) in [6.07, 6.45) is 5.50. The average molecular weight is 141 g/mol. The summed E-state index contributed by atoms with van der Waals surface area (Å²) in [5.41, 5.74) is 5.61. The molecule has 0 bridgehead atoms. The number of hydrogen-bond acceptors (Lipinski definition) is 3. The molecule has 4 nitrogen and oxygen atoms in total. The highest BCUT2D eigenvalue weighted by Gasteiger charge is 2.00. The lowest BCUT2D eigenvalue weighted by Gasteiger charge is -2.09. The summed E-state index contributed by atoms with van der Waals surface area (Å²) < 4.78 is 1.76. The largest absolute Gasteiger partial charge is 0.396 e. The summed E-state index contributed by atoms with van der Waals surface area (Å²) in [7, 11) is 0. The maximum atomic E-state index is 8.52. The molecule has 1 atom stereocenters. The number of nitrogens with two attached hydrogens (primary N) is 1. The highest BCUT2D eigenvalue weighted by Crippen LogP contribution is 2.00. The molecule has 0 aliphatic carbocycles. The van der Waals surface area contributed by atoms with Gasteiger partial charge in [0.05, 0.1) is 12.5 Å². The zero-order valence-corrected chi connectivity index (χ0v) is 5.64. The maximum Gasteiger partial charge on any atom is 0.0959 e. The van der Waals surface area contributed by atoms with Crippen LogP contribution in [0.1, 0.15) is 12.6 Å². The molecule has 4 heteroatoms. The minimum Gasteiger partial charge on any atom is -0.396 e. The zero-order chi connectivity index (χ0) is 7.40. The SMILES string of the molecule is NC(CCO)n1ccnc1. The summed E-state index contributed by atoms with van der Waals surface area (Å²) in [4.78, 5) is 3.83. The molecule has 10 heavy (non-hydrogen) atoms. The number of rotatable bonds is 3. The summed E-state index contributed by atoms with van der Waals surface area (Å²) in [6, 6.07) is 0. The molecule has 3 N–H and O–H groups in total. The fourth-order valence-corrected chi connectivity index (χ4v) is 0.747. The second-order valence-electron chi connectivity index (χ2n) is 2.09. The lowest BCUT2D eigenvalue weighted by Crippen LogP contribution is -2.18. The van der Waals surface area contributed by atoms with E-state index in [0.29, 0.717) is 6.42 Å². The first kappa shape index (κ1) is 7.24. The van der Waals surface area contributed by atoms with Crippen LogP contribution in [0.25, 0.3) is 0 Å². The molecule has 0 saturated carbocycles. The van der Waals surface area contributed by atoms with Gasteiger partial charge in [-0.15, -0.1) is 0 Å². The molecular weight excluding hydrogens is 130 g/mol. The minimum absolute atomic E-state index is 0.110. The molecule has 0 radical (unpaired) electrons. The van der Waals surface area contributed by atoms with Crippen molar-refractivity contribution in [2.75, 3.05) is 6.61 Å². The molecule has 56 valence electrons. The normalized spacial score (nSPS) is 13.4. The Morgan fingerprint density at radius 3 is 3.00 bits per heavy atom. The molecule has 1 aromatic rings. The first-order valence-electron chi connectivity index (χ1n) is 3.18. The monoisotopic (exact) mass is 141 g/mol. The molecule has 1 rings (SSSR count). The number of aliphatic hydroxyl groups excluding tert-OH is 1. The van der Waals surface area contributed by atoms with Crippen molar-refractivity contribution in [3.05, 3.63) is 18.7 Å². The van der Waals surface area contributed by atoms with Gasteiger partial charge in [0.15, 0.2) is 0 Å². The van der Waals surface area contributed by atoms with E-state index in [4.69, 9.17) is 10.8 Å². The Bertz CT molecular complexity index is 173. The van der Waals surface area contributed by atoms with E-state index in [1.165, 1.54) is 0 Å². The second kappa shape index (κ2) is 3.34. The third kappa shape index (κ3) is 1.55. The summed E-state index contributed by atoms with van der Waals surface area (Å²) in [5.74, 6) is 0. The lowest BCUT2D eigenvalue weighted by atomic mass is 10.4. The van der Waals surface area contributed by atoms with Gasteiger partial charge in [-0.3, -0.25) is 0 Å². The van der Waals surface area contributed by atoms with E-state index in [2.05, 4.69) is 4.98 Å². The van der Waals surface area contributed by atoms with Crippen molar-refractivity contribution in [2.24, 2.45) is 5.73 Å². The van der Waals surface area contributed by atoms with Crippen molar-refractivity contribution in [3.8, 4) is 0 Å². The van der Waals surface area contributed by atoms with Gasteiger partial charge in [0, 0.05) is 25.4 Å². The smallest absolute Gasteiger partial charge is 0.0959 e. The molecule has 0 fully saturated rings. The van der Waals surface area contributed by atoms with Gasteiger partial charge in [0.25, 0.3) is 0 Å². The van der Waals surface area contributed by atoms with E-state index in [1.807, 2.05) is 0 Å². The molecule has 0 amide bonds. The molecule has 1 heterocycles. The van der Waals surface area contributed by atoms with Crippen molar-refractivity contribution < 1.29 is 5.11 Å². The molecule has 1 aromatic heterocycles. The average Bonchev–Trinajstić information content (AvgIpc) is 2.38. The van der Waals surface area contributed by atoms with Crippen molar-refractivity contribution in [1.29, 1.82) is 0 Å². The predicted molar refractivity (Wildman–Crippen MR) is 37.2 cm³/mol. The summed E-state index contributed by atoms with van der Waals surface area (Å²) in [6.45, 7) is 0.110. The number of aromatic nitrogens is 2. The highest BCUT2D eigenvalue weighted by atomic mass is 16.3. The standard InChI is InChI=1S/C6H11N3O/c7-6(1-4-10)9-3-2-8-5-9/h2-3,5-6,10H,1,4,7H2. The van der Waals surface area contributed by atoms with Crippen LogP contribution >= 0.6 is 0 Å². The Kier molecular flexibility index (Phi) is 2.42. The van der Waals surface area contributed by atoms with Gasteiger partial charge in [-0.2, -0.15) is 0 Å².